The first-order valence-electron chi connectivity index (χ1n) is 8.15. The molecule has 0 aromatic carbocycles. The van der Waals surface area contributed by atoms with E-state index >= 15 is 0 Å². The van der Waals surface area contributed by atoms with Crippen LogP contribution in [0.3, 0.4) is 0 Å². The zero-order chi connectivity index (χ0) is 15.6. The van der Waals surface area contributed by atoms with E-state index in [0.29, 0.717) is 12.5 Å². The van der Waals surface area contributed by atoms with Gasteiger partial charge in [-0.05, 0) is 12.8 Å². The van der Waals surface area contributed by atoms with E-state index in [1.54, 1.807) is 16.7 Å². The van der Waals surface area contributed by atoms with E-state index in [1.165, 1.54) is 11.3 Å². The lowest BCUT2D eigenvalue weighted by Crippen LogP contribution is -2.37. The van der Waals surface area contributed by atoms with E-state index < -0.39 is 0 Å². The highest BCUT2D eigenvalue weighted by molar-refractivity contribution is 7.15. The summed E-state index contributed by atoms with van der Waals surface area (Å²) < 4.78 is 7.83. The molecule has 2 bridgehead atoms. The van der Waals surface area contributed by atoms with Gasteiger partial charge in [0.05, 0.1) is 17.4 Å². The molecule has 0 saturated carbocycles. The minimum absolute atomic E-state index is 0.0192. The van der Waals surface area contributed by atoms with Gasteiger partial charge in [0.25, 0.3) is 5.56 Å². The standard InChI is InChI=1S/C16H19N3O3S/c20-8-11-12-7-18(9-16(12)2-1-13(11)22-16)6-10-5-14(21)19-3-4-23-15(19)17-10/h3-5,11-13,20H,1-2,6-9H2/t11-,12+,13+,16+/m1/s1. The Labute approximate surface area is 137 Å². The van der Waals surface area contributed by atoms with Crippen LogP contribution < -0.4 is 5.56 Å². The van der Waals surface area contributed by atoms with E-state index in [1.807, 2.05) is 5.38 Å². The first kappa shape index (κ1) is 14.1. The molecule has 7 heteroatoms. The third-order valence-corrected chi connectivity index (χ3v) is 6.56. The molecule has 4 atom stereocenters. The van der Waals surface area contributed by atoms with Crippen molar-refractivity contribution in [1.82, 2.24) is 14.3 Å². The molecule has 5 rings (SSSR count). The van der Waals surface area contributed by atoms with Crippen LogP contribution in [0.25, 0.3) is 4.96 Å². The van der Waals surface area contributed by atoms with E-state index in [-0.39, 0.29) is 29.8 Å². The quantitative estimate of drug-likeness (QED) is 0.897. The predicted molar refractivity (Wildman–Crippen MR) is 85.5 cm³/mol. The molecule has 0 radical (unpaired) electrons. The van der Waals surface area contributed by atoms with Crippen molar-refractivity contribution in [3.8, 4) is 0 Å². The van der Waals surface area contributed by atoms with E-state index in [4.69, 9.17) is 4.74 Å². The minimum Gasteiger partial charge on any atom is -0.396 e. The van der Waals surface area contributed by atoms with Gasteiger partial charge in [-0.25, -0.2) is 4.98 Å². The SMILES string of the molecule is O=c1cc(CN2C[C@H]3[C@@H](CO)[C@@H]4CC[C@@]3(C2)O4)nc2sccn12. The number of hydrogen-bond acceptors (Lipinski definition) is 6. The Morgan fingerprint density at radius 3 is 3.30 bits per heavy atom. The molecular weight excluding hydrogens is 314 g/mol. The molecule has 0 aliphatic carbocycles. The smallest absolute Gasteiger partial charge is 0.258 e. The second kappa shape index (κ2) is 4.86. The normalized spacial score (nSPS) is 36.1. The van der Waals surface area contributed by atoms with Gasteiger partial charge >= 0.3 is 0 Å². The van der Waals surface area contributed by atoms with Crippen molar-refractivity contribution in [3.05, 3.63) is 33.7 Å². The van der Waals surface area contributed by atoms with Crippen molar-refractivity contribution < 1.29 is 9.84 Å². The number of hydrogen-bond donors (Lipinski definition) is 1. The van der Waals surface area contributed by atoms with E-state index in [9.17, 15) is 9.90 Å². The van der Waals surface area contributed by atoms with Crippen LogP contribution in [-0.4, -0.2) is 50.8 Å². The van der Waals surface area contributed by atoms with Gasteiger partial charge in [0, 0.05) is 55.7 Å². The highest BCUT2D eigenvalue weighted by Crippen LogP contribution is 2.54. The molecule has 6 nitrogen and oxygen atoms in total. The largest absolute Gasteiger partial charge is 0.396 e. The Morgan fingerprint density at radius 1 is 1.52 bits per heavy atom. The average Bonchev–Trinajstić information content (AvgIpc) is 3.24. The van der Waals surface area contributed by atoms with Gasteiger partial charge in [-0.1, -0.05) is 0 Å². The number of aromatic nitrogens is 2. The van der Waals surface area contributed by atoms with Crippen LogP contribution in [0.4, 0.5) is 0 Å². The maximum absolute atomic E-state index is 12.1. The Morgan fingerprint density at radius 2 is 2.43 bits per heavy atom. The topological polar surface area (TPSA) is 67.1 Å². The minimum atomic E-state index is -0.0693. The summed E-state index contributed by atoms with van der Waals surface area (Å²) in [5, 5.41) is 11.6. The molecule has 3 fully saturated rings. The summed E-state index contributed by atoms with van der Waals surface area (Å²) in [5.41, 5.74) is 0.735. The summed E-state index contributed by atoms with van der Waals surface area (Å²) in [7, 11) is 0. The molecule has 23 heavy (non-hydrogen) atoms. The van der Waals surface area contributed by atoms with E-state index in [0.717, 1.165) is 36.6 Å². The fraction of sp³-hybridized carbons (Fsp3) is 0.625. The van der Waals surface area contributed by atoms with Crippen molar-refractivity contribution in [3.63, 3.8) is 0 Å². The summed E-state index contributed by atoms with van der Waals surface area (Å²) in [6.07, 6.45) is 4.17. The number of nitrogens with zero attached hydrogens (tertiary/aromatic N) is 3. The molecule has 3 aliphatic rings. The Bertz CT molecular complexity index is 818. The van der Waals surface area contributed by atoms with Gasteiger partial charge in [0.15, 0.2) is 4.96 Å². The monoisotopic (exact) mass is 333 g/mol. The molecule has 122 valence electrons. The Balaban J connectivity index is 1.40. The number of likely N-dealkylation sites (tertiary alicyclic amines) is 1. The molecule has 3 saturated heterocycles. The number of aliphatic hydroxyl groups excluding tert-OH is 1. The van der Waals surface area contributed by atoms with Gasteiger partial charge in [0.2, 0.25) is 0 Å². The lowest BCUT2D eigenvalue weighted by atomic mass is 9.74. The summed E-state index contributed by atoms with van der Waals surface area (Å²) >= 11 is 1.48. The molecule has 5 heterocycles. The van der Waals surface area contributed by atoms with Gasteiger partial charge in [-0.2, -0.15) is 0 Å². The van der Waals surface area contributed by atoms with Gasteiger partial charge in [0.1, 0.15) is 0 Å². The van der Waals surface area contributed by atoms with Crippen LogP contribution in [0.2, 0.25) is 0 Å². The lowest BCUT2D eigenvalue weighted by molar-refractivity contribution is 0.000296. The second-order valence-corrected chi connectivity index (χ2v) is 7.90. The second-order valence-electron chi connectivity index (χ2n) is 7.02. The third-order valence-electron chi connectivity index (χ3n) is 5.81. The van der Waals surface area contributed by atoms with Crippen molar-refractivity contribution in [2.24, 2.45) is 11.8 Å². The first-order chi connectivity index (χ1) is 11.2. The van der Waals surface area contributed by atoms with E-state index in [2.05, 4.69) is 9.88 Å². The molecule has 0 unspecified atom stereocenters. The highest BCUT2D eigenvalue weighted by atomic mass is 32.1. The Kier molecular flexibility index (Phi) is 2.98. The number of rotatable bonds is 3. The fourth-order valence-electron chi connectivity index (χ4n) is 4.85. The summed E-state index contributed by atoms with van der Waals surface area (Å²) in [6, 6.07) is 1.63. The van der Waals surface area contributed by atoms with Crippen molar-refractivity contribution >= 4 is 16.3 Å². The summed E-state index contributed by atoms with van der Waals surface area (Å²) in [6.45, 7) is 2.70. The Hall–Kier alpha value is -1.28. The zero-order valence-corrected chi connectivity index (χ0v) is 13.5. The van der Waals surface area contributed by atoms with Gasteiger partial charge < -0.3 is 9.84 Å². The summed E-state index contributed by atoms with van der Waals surface area (Å²) in [4.78, 5) is 19.8. The van der Waals surface area contributed by atoms with Crippen molar-refractivity contribution in [1.29, 1.82) is 0 Å². The number of thiazole rings is 1. The maximum Gasteiger partial charge on any atom is 0.258 e. The van der Waals surface area contributed by atoms with Crippen LogP contribution in [0.15, 0.2) is 22.4 Å². The molecule has 1 N–H and O–H groups in total. The third kappa shape index (κ3) is 1.97. The molecular formula is C16H19N3O3S. The predicted octanol–water partition coefficient (Wildman–Crippen LogP) is 0.728. The van der Waals surface area contributed by atoms with Crippen molar-refractivity contribution in [2.75, 3.05) is 19.7 Å². The molecule has 2 aromatic rings. The molecule has 3 aliphatic heterocycles. The highest BCUT2D eigenvalue weighted by Gasteiger charge is 2.62. The first-order valence-corrected chi connectivity index (χ1v) is 9.03. The zero-order valence-electron chi connectivity index (χ0n) is 12.7. The van der Waals surface area contributed by atoms with Crippen LogP contribution in [0.5, 0.6) is 0 Å². The van der Waals surface area contributed by atoms with Crippen LogP contribution in [-0.2, 0) is 11.3 Å². The fourth-order valence-corrected chi connectivity index (χ4v) is 5.59. The number of ether oxygens (including phenoxy) is 1. The molecule has 0 amide bonds. The summed E-state index contributed by atoms with van der Waals surface area (Å²) in [5.74, 6) is 0.685. The van der Waals surface area contributed by atoms with Crippen molar-refractivity contribution in [2.45, 2.75) is 31.1 Å². The maximum atomic E-state index is 12.1. The van der Waals surface area contributed by atoms with Crippen LogP contribution >= 0.6 is 11.3 Å². The van der Waals surface area contributed by atoms with Crippen LogP contribution in [0.1, 0.15) is 18.5 Å². The molecule has 2 aromatic heterocycles. The number of fused-ring (bicyclic) bond motifs is 2. The molecule has 1 spiro atoms. The lowest BCUT2D eigenvalue weighted by Gasteiger charge is -2.28. The number of aliphatic hydroxyl groups is 1. The van der Waals surface area contributed by atoms with Gasteiger partial charge in [-0.3, -0.25) is 14.1 Å². The van der Waals surface area contributed by atoms with Gasteiger partial charge in [-0.15, -0.1) is 11.3 Å². The average molecular weight is 333 g/mol. The van der Waals surface area contributed by atoms with Crippen LogP contribution in [0, 0.1) is 11.8 Å².